The van der Waals surface area contributed by atoms with E-state index in [1.807, 2.05) is 35.2 Å². The molecule has 7 nitrogen and oxygen atoms in total. The van der Waals surface area contributed by atoms with Crippen molar-refractivity contribution >= 4 is 24.3 Å². The van der Waals surface area contributed by atoms with Gasteiger partial charge in [0.05, 0.1) is 7.11 Å². The molecule has 1 fully saturated rings. The number of esters is 1. The van der Waals surface area contributed by atoms with Gasteiger partial charge in [-0.3, -0.25) is 9.69 Å². The summed E-state index contributed by atoms with van der Waals surface area (Å²) in [5.74, 6) is -0.0560. The number of hydrogen-bond acceptors (Lipinski definition) is 6. The van der Waals surface area contributed by atoms with Gasteiger partial charge in [-0.15, -0.1) is 12.4 Å². The molecule has 1 unspecified atom stereocenters. The molecule has 1 aliphatic rings. The zero-order valence-electron chi connectivity index (χ0n) is 16.9. The predicted molar refractivity (Wildman–Crippen MR) is 115 cm³/mol. The summed E-state index contributed by atoms with van der Waals surface area (Å²) in [4.78, 5) is 28.2. The fourth-order valence-corrected chi connectivity index (χ4v) is 3.30. The number of nitrogens with zero attached hydrogens (tertiary/aromatic N) is 2. The smallest absolute Gasteiger partial charge is 0.341 e. The van der Waals surface area contributed by atoms with E-state index in [0.29, 0.717) is 49.6 Å². The molecule has 3 rings (SSSR count). The maximum Gasteiger partial charge on any atom is 0.341 e. The number of carbonyl (C=O) groups is 2. The number of aliphatic hydroxyl groups is 1. The van der Waals surface area contributed by atoms with Crippen LogP contribution in [0.2, 0.25) is 0 Å². The predicted octanol–water partition coefficient (Wildman–Crippen LogP) is 2.09. The quantitative estimate of drug-likeness (QED) is 0.672. The van der Waals surface area contributed by atoms with Crippen LogP contribution in [-0.4, -0.2) is 79.3 Å². The van der Waals surface area contributed by atoms with Crippen LogP contribution in [0, 0.1) is 0 Å². The van der Waals surface area contributed by atoms with Crippen LogP contribution in [0.5, 0.6) is 5.75 Å². The summed E-state index contributed by atoms with van der Waals surface area (Å²) < 4.78 is 10.4. The van der Waals surface area contributed by atoms with E-state index in [2.05, 4.69) is 4.90 Å². The van der Waals surface area contributed by atoms with Crippen molar-refractivity contribution in [3.63, 3.8) is 0 Å². The Kier molecular flexibility index (Phi) is 9.11. The Morgan fingerprint density at radius 1 is 1.00 bits per heavy atom. The number of halogens is 1. The normalized spacial score (nSPS) is 15.1. The number of β-amino-alcohol motifs (C(OH)–C–C–N with tert-alkyl or cyclic N) is 1. The summed E-state index contributed by atoms with van der Waals surface area (Å²) in [6.07, 6.45) is -0.711. The van der Waals surface area contributed by atoms with Crippen LogP contribution < -0.4 is 4.74 Å². The number of benzene rings is 2. The van der Waals surface area contributed by atoms with Gasteiger partial charge in [-0.2, -0.15) is 0 Å². The number of rotatable bonds is 7. The van der Waals surface area contributed by atoms with Crippen LogP contribution >= 0.6 is 12.4 Å². The second-order valence-electron chi connectivity index (χ2n) is 6.91. The Bertz CT molecular complexity index is 825. The first kappa shape index (κ1) is 23.7. The van der Waals surface area contributed by atoms with Crippen molar-refractivity contribution in [2.75, 3.05) is 46.4 Å². The third-order valence-electron chi connectivity index (χ3n) is 4.87. The number of amides is 1. The van der Waals surface area contributed by atoms with Crippen molar-refractivity contribution in [1.82, 2.24) is 9.80 Å². The van der Waals surface area contributed by atoms with Crippen molar-refractivity contribution in [1.29, 1.82) is 0 Å². The first-order chi connectivity index (χ1) is 14.1. The first-order valence-electron chi connectivity index (χ1n) is 9.63. The monoisotopic (exact) mass is 434 g/mol. The number of methoxy groups -OCH3 is 1. The molecular weight excluding hydrogens is 408 g/mol. The standard InChI is InChI=1S/C22H26N2O5.ClH/c1-28-22(27)19-9-5-6-10-20(19)29-16-18(25)15-23-11-13-24(14-12-23)21(26)17-7-3-2-4-8-17;/h2-10,18,25H,11-16H2,1H3;1H. The minimum Gasteiger partial charge on any atom is -0.490 e. The molecule has 1 atom stereocenters. The number of para-hydroxylation sites is 1. The van der Waals surface area contributed by atoms with E-state index < -0.39 is 12.1 Å². The number of aliphatic hydroxyl groups excluding tert-OH is 1. The van der Waals surface area contributed by atoms with E-state index in [4.69, 9.17) is 9.47 Å². The highest BCUT2D eigenvalue weighted by Crippen LogP contribution is 2.19. The van der Waals surface area contributed by atoms with Gasteiger partial charge < -0.3 is 19.5 Å². The number of ether oxygens (including phenoxy) is 2. The van der Waals surface area contributed by atoms with Crippen molar-refractivity contribution in [3.8, 4) is 5.75 Å². The molecule has 1 amide bonds. The summed E-state index contributed by atoms with van der Waals surface area (Å²) >= 11 is 0. The number of hydrogen-bond donors (Lipinski definition) is 1. The number of carbonyl (C=O) groups excluding carboxylic acids is 2. The topological polar surface area (TPSA) is 79.3 Å². The van der Waals surface area contributed by atoms with E-state index in [0.717, 1.165) is 0 Å². The lowest BCUT2D eigenvalue weighted by Gasteiger charge is -2.35. The van der Waals surface area contributed by atoms with Crippen LogP contribution in [0.1, 0.15) is 20.7 Å². The van der Waals surface area contributed by atoms with Crippen LogP contribution in [0.3, 0.4) is 0 Å². The molecule has 8 heteroatoms. The molecule has 0 aromatic heterocycles. The first-order valence-corrected chi connectivity index (χ1v) is 9.63. The van der Waals surface area contributed by atoms with E-state index in [1.54, 1.807) is 24.3 Å². The Balaban J connectivity index is 0.00000320. The largest absolute Gasteiger partial charge is 0.490 e. The molecule has 0 bridgehead atoms. The average Bonchev–Trinajstić information content (AvgIpc) is 2.78. The summed E-state index contributed by atoms with van der Waals surface area (Å²) in [5, 5.41) is 10.3. The fraction of sp³-hybridized carbons (Fsp3) is 0.364. The van der Waals surface area contributed by atoms with Crippen LogP contribution in [0.4, 0.5) is 0 Å². The molecule has 162 valence electrons. The maximum absolute atomic E-state index is 12.5. The van der Waals surface area contributed by atoms with Gasteiger partial charge in [-0.05, 0) is 24.3 Å². The SMILES string of the molecule is COC(=O)c1ccccc1OCC(O)CN1CCN(C(=O)c2ccccc2)CC1.Cl. The molecule has 1 N–H and O–H groups in total. The van der Waals surface area contributed by atoms with Crippen molar-refractivity contribution in [2.24, 2.45) is 0 Å². The molecule has 30 heavy (non-hydrogen) atoms. The van der Waals surface area contributed by atoms with Crippen molar-refractivity contribution in [3.05, 3.63) is 65.7 Å². The number of piperazine rings is 1. The molecule has 1 saturated heterocycles. The van der Waals surface area contributed by atoms with E-state index in [1.165, 1.54) is 7.11 Å². The lowest BCUT2D eigenvalue weighted by atomic mass is 10.2. The third-order valence-corrected chi connectivity index (χ3v) is 4.87. The second kappa shape index (κ2) is 11.5. The molecule has 0 spiro atoms. The maximum atomic E-state index is 12.5. The Morgan fingerprint density at radius 2 is 1.63 bits per heavy atom. The van der Waals surface area contributed by atoms with Gasteiger partial charge in [0.2, 0.25) is 0 Å². The minimum atomic E-state index is -0.711. The Morgan fingerprint density at radius 3 is 2.30 bits per heavy atom. The second-order valence-corrected chi connectivity index (χ2v) is 6.91. The lowest BCUT2D eigenvalue weighted by molar-refractivity contribution is 0.0394. The lowest BCUT2D eigenvalue weighted by Crippen LogP contribution is -2.51. The third kappa shape index (κ3) is 6.19. The van der Waals surface area contributed by atoms with E-state index in [9.17, 15) is 14.7 Å². The molecule has 1 heterocycles. The molecule has 2 aromatic rings. The molecule has 0 radical (unpaired) electrons. The van der Waals surface area contributed by atoms with E-state index in [-0.39, 0.29) is 24.9 Å². The highest BCUT2D eigenvalue weighted by atomic mass is 35.5. The molecule has 1 aliphatic heterocycles. The van der Waals surface area contributed by atoms with Crippen LogP contribution in [0.15, 0.2) is 54.6 Å². The van der Waals surface area contributed by atoms with Gasteiger partial charge in [0.15, 0.2) is 0 Å². The average molecular weight is 435 g/mol. The zero-order chi connectivity index (χ0) is 20.6. The van der Waals surface area contributed by atoms with Gasteiger partial charge in [0.1, 0.15) is 24.0 Å². The fourth-order valence-electron chi connectivity index (χ4n) is 3.30. The highest BCUT2D eigenvalue weighted by Gasteiger charge is 2.23. The Labute approximate surface area is 182 Å². The van der Waals surface area contributed by atoms with Gasteiger partial charge >= 0.3 is 5.97 Å². The summed E-state index contributed by atoms with van der Waals surface area (Å²) in [6, 6.07) is 16.0. The Hall–Kier alpha value is -2.61. The zero-order valence-corrected chi connectivity index (χ0v) is 17.7. The summed E-state index contributed by atoms with van der Waals surface area (Å²) in [5.41, 5.74) is 1.02. The summed E-state index contributed by atoms with van der Waals surface area (Å²) in [7, 11) is 1.32. The van der Waals surface area contributed by atoms with Gasteiger partial charge in [0, 0.05) is 38.3 Å². The van der Waals surface area contributed by atoms with Crippen LogP contribution in [0.25, 0.3) is 0 Å². The van der Waals surface area contributed by atoms with Crippen molar-refractivity contribution in [2.45, 2.75) is 6.10 Å². The minimum absolute atomic E-state index is 0. The molecular formula is C22H27ClN2O5. The molecule has 0 saturated carbocycles. The van der Waals surface area contributed by atoms with Gasteiger partial charge in [-0.1, -0.05) is 30.3 Å². The molecule has 2 aromatic carbocycles. The van der Waals surface area contributed by atoms with Crippen LogP contribution in [-0.2, 0) is 4.74 Å². The van der Waals surface area contributed by atoms with E-state index >= 15 is 0 Å². The molecule has 0 aliphatic carbocycles. The highest BCUT2D eigenvalue weighted by molar-refractivity contribution is 5.94. The summed E-state index contributed by atoms with van der Waals surface area (Å²) in [6.45, 7) is 3.12. The van der Waals surface area contributed by atoms with Gasteiger partial charge in [-0.25, -0.2) is 4.79 Å². The van der Waals surface area contributed by atoms with Gasteiger partial charge in [0.25, 0.3) is 5.91 Å². The van der Waals surface area contributed by atoms with Crippen molar-refractivity contribution < 1.29 is 24.2 Å².